The van der Waals surface area contributed by atoms with Crippen molar-refractivity contribution >= 4 is 0 Å². The Kier molecular flexibility index (Phi) is 4.65. The molecule has 0 aliphatic heterocycles. The Morgan fingerprint density at radius 3 is 2.80 bits per heavy atom. The van der Waals surface area contributed by atoms with Crippen molar-refractivity contribution in [2.75, 3.05) is 13.7 Å². The molecule has 1 atom stereocenters. The number of benzene rings is 1. The average Bonchev–Trinajstić information content (AvgIpc) is 2.21. The molecule has 0 saturated heterocycles. The summed E-state index contributed by atoms with van der Waals surface area (Å²) in [7, 11) is 1.60. The zero-order valence-electron chi connectivity index (χ0n) is 8.89. The fourth-order valence-corrected chi connectivity index (χ4v) is 1.28. The molecular weight excluding hydrogens is 200 g/mol. The van der Waals surface area contributed by atoms with Gasteiger partial charge in [0.05, 0.1) is 6.61 Å². The van der Waals surface area contributed by atoms with E-state index in [-0.39, 0.29) is 6.04 Å². The van der Waals surface area contributed by atoms with Crippen LogP contribution in [0.4, 0.5) is 8.78 Å². The molecule has 0 unspecified atom stereocenters. The van der Waals surface area contributed by atoms with Crippen molar-refractivity contribution in [1.29, 1.82) is 0 Å². The molecule has 0 radical (unpaired) electrons. The first kappa shape index (κ1) is 12.1. The van der Waals surface area contributed by atoms with Crippen molar-refractivity contribution in [3.8, 4) is 0 Å². The standard InChI is InChI=1S/C11H15F2NO/c1-8(7-15-2)14-6-9-4-3-5-10(12)11(9)13/h3-5,8,14H,6-7H2,1-2H3/t8-/m0/s1. The van der Waals surface area contributed by atoms with Crippen molar-refractivity contribution in [2.45, 2.75) is 19.5 Å². The lowest BCUT2D eigenvalue weighted by Crippen LogP contribution is -2.29. The second-order valence-electron chi connectivity index (χ2n) is 3.45. The van der Waals surface area contributed by atoms with Crippen LogP contribution < -0.4 is 5.32 Å². The summed E-state index contributed by atoms with van der Waals surface area (Å²) in [6.45, 7) is 2.76. The summed E-state index contributed by atoms with van der Waals surface area (Å²) in [5.41, 5.74) is 0.331. The Balaban J connectivity index is 2.54. The van der Waals surface area contributed by atoms with E-state index in [2.05, 4.69) is 5.32 Å². The van der Waals surface area contributed by atoms with Gasteiger partial charge in [-0.3, -0.25) is 0 Å². The van der Waals surface area contributed by atoms with Gasteiger partial charge in [0.25, 0.3) is 0 Å². The zero-order valence-corrected chi connectivity index (χ0v) is 8.89. The van der Waals surface area contributed by atoms with E-state index in [1.165, 1.54) is 6.07 Å². The fraction of sp³-hybridized carbons (Fsp3) is 0.455. The molecule has 0 bridgehead atoms. The first-order valence-corrected chi connectivity index (χ1v) is 4.80. The van der Waals surface area contributed by atoms with Gasteiger partial charge in [-0.1, -0.05) is 12.1 Å². The summed E-state index contributed by atoms with van der Waals surface area (Å²) < 4.78 is 30.9. The molecule has 1 aromatic rings. The van der Waals surface area contributed by atoms with Gasteiger partial charge >= 0.3 is 0 Å². The van der Waals surface area contributed by atoms with E-state index in [0.29, 0.717) is 18.7 Å². The molecule has 1 N–H and O–H groups in total. The van der Waals surface area contributed by atoms with Crippen LogP contribution in [-0.2, 0) is 11.3 Å². The highest BCUT2D eigenvalue weighted by Gasteiger charge is 2.08. The lowest BCUT2D eigenvalue weighted by molar-refractivity contribution is 0.171. The van der Waals surface area contributed by atoms with Gasteiger partial charge in [0.1, 0.15) is 0 Å². The summed E-state index contributed by atoms with van der Waals surface area (Å²) in [6.07, 6.45) is 0. The Hall–Kier alpha value is -1.00. The molecule has 0 fully saturated rings. The van der Waals surface area contributed by atoms with Crippen LogP contribution in [0, 0.1) is 11.6 Å². The number of ether oxygens (including phenoxy) is 1. The zero-order chi connectivity index (χ0) is 11.3. The first-order chi connectivity index (χ1) is 7.15. The quantitative estimate of drug-likeness (QED) is 0.812. The molecule has 0 aromatic heterocycles. The number of rotatable bonds is 5. The van der Waals surface area contributed by atoms with E-state index < -0.39 is 11.6 Å². The largest absolute Gasteiger partial charge is 0.383 e. The van der Waals surface area contributed by atoms with Gasteiger partial charge in [-0.05, 0) is 13.0 Å². The predicted molar refractivity (Wildman–Crippen MR) is 54.5 cm³/mol. The molecule has 0 heterocycles. The van der Waals surface area contributed by atoms with E-state index >= 15 is 0 Å². The fourth-order valence-electron chi connectivity index (χ4n) is 1.28. The van der Waals surface area contributed by atoms with Gasteiger partial charge in [0, 0.05) is 25.3 Å². The smallest absolute Gasteiger partial charge is 0.163 e. The number of halogens is 2. The molecule has 0 amide bonds. The number of hydrogen-bond donors (Lipinski definition) is 1. The van der Waals surface area contributed by atoms with Gasteiger partial charge in [-0.2, -0.15) is 0 Å². The van der Waals surface area contributed by atoms with Crippen LogP contribution >= 0.6 is 0 Å². The van der Waals surface area contributed by atoms with Gasteiger partial charge in [0.15, 0.2) is 11.6 Å². The minimum atomic E-state index is -0.811. The van der Waals surface area contributed by atoms with E-state index in [4.69, 9.17) is 4.74 Å². The summed E-state index contributed by atoms with van der Waals surface area (Å²) in [5.74, 6) is -1.59. The number of methoxy groups -OCH3 is 1. The third kappa shape index (κ3) is 3.57. The summed E-state index contributed by atoms with van der Waals surface area (Å²) in [5, 5.41) is 3.04. The van der Waals surface area contributed by atoms with Crippen LogP contribution in [0.25, 0.3) is 0 Å². The highest BCUT2D eigenvalue weighted by atomic mass is 19.2. The summed E-state index contributed by atoms with van der Waals surface area (Å²) in [6, 6.07) is 4.27. The van der Waals surface area contributed by atoms with Crippen molar-refractivity contribution in [2.24, 2.45) is 0 Å². The highest BCUT2D eigenvalue weighted by Crippen LogP contribution is 2.10. The molecular formula is C11H15F2NO. The Morgan fingerprint density at radius 2 is 2.13 bits per heavy atom. The first-order valence-electron chi connectivity index (χ1n) is 4.80. The van der Waals surface area contributed by atoms with Crippen molar-refractivity contribution in [3.63, 3.8) is 0 Å². The van der Waals surface area contributed by atoms with Crippen molar-refractivity contribution in [1.82, 2.24) is 5.32 Å². The molecule has 0 aliphatic rings. The van der Waals surface area contributed by atoms with Crippen molar-refractivity contribution in [3.05, 3.63) is 35.4 Å². The van der Waals surface area contributed by atoms with Gasteiger partial charge < -0.3 is 10.1 Å². The number of hydrogen-bond acceptors (Lipinski definition) is 2. The molecule has 15 heavy (non-hydrogen) atoms. The normalized spacial score (nSPS) is 12.8. The lowest BCUT2D eigenvalue weighted by atomic mass is 10.2. The molecule has 1 aromatic carbocycles. The Labute approximate surface area is 88.3 Å². The van der Waals surface area contributed by atoms with Gasteiger partial charge in [-0.15, -0.1) is 0 Å². The number of nitrogens with one attached hydrogen (secondary N) is 1. The SMILES string of the molecule is COC[C@H](C)NCc1cccc(F)c1F. The van der Waals surface area contributed by atoms with E-state index in [1.807, 2.05) is 6.92 Å². The molecule has 0 spiro atoms. The summed E-state index contributed by atoms with van der Waals surface area (Å²) >= 11 is 0. The highest BCUT2D eigenvalue weighted by molar-refractivity contribution is 5.18. The Bertz CT molecular complexity index is 317. The molecule has 0 saturated carbocycles. The van der Waals surface area contributed by atoms with E-state index in [0.717, 1.165) is 6.07 Å². The van der Waals surface area contributed by atoms with Crippen LogP contribution in [0.3, 0.4) is 0 Å². The minimum absolute atomic E-state index is 0.109. The van der Waals surface area contributed by atoms with Crippen LogP contribution in [-0.4, -0.2) is 19.8 Å². The second-order valence-corrected chi connectivity index (χ2v) is 3.45. The van der Waals surface area contributed by atoms with E-state index in [9.17, 15) is 8.78 Å². The predicted octanol–water partition coefficient (Wildman–Crippen LogP) is 2.09. The molecule has 1 rings (SSSR count). The monoisotopic (exact) mass is 215 g/mol. The molecule has 2 nitrogen and oxygen atoms in total. The van der Waals surface area contributed by atoms with E-state index in [1.54, 1.807) is 13.2 Å². The molecule has 84 valence electrons. The topological polar surface area (TPSA) is 21.3 Å². The average molecular weight is 215 g/mol. The third-order valence-corrected chi connectivity index (χ3v) is 2.09. The minimum Gasteiger partial charge on any atom is -0.383 e. The van der Waals surface area contributed by atoms with Crippen LogP contribution in [0.2, 0.25) is 0 Å². The Morgan fingerprint density at radius 1 is 1.40 bits per heavy atom. The van der Waals surface area contributed by atoms with Gasteiger partial charge in [0.2, 0.25) is 0 Å². The molecule has 4 heteroatoms. The maximum Gasteiger partial charge on any atom is 0.163 e. The summed E-state index contributed by atoms with van der Waals surface area (Å²) in [4.78, 5) is 0. The maximum atomic E-state index is 13.2. The van der Waals surface area contributed by atoms with Crippen molar-refractivity contribution < 1.29 is 13.5 Å². The van der Waals surface area contributed by atoms with Gasteiger partial charge in [-0.25, -0.2) is 8.78 Å². The lowest BCUT2D eigenvalue weighted by Gasteiger charge is -2.12. The molecule has 0 aliphatic carbocycles. The maximum absolute atomic E-state index is 13.2. The van der Waals surface area contributed by atoms with Crippen LogP contribution in [0.1, 0.15) is 12.5 Å². The van der Waals surface area contributed by atoms with Crippen LogP contribution in [0.15, 0.2) is 18.2 Å². The van der Waals surface area contributed by atoms with Crippen LogP contribution in [0.5, 0.6) is 0 Å². The third-order valence-electron chi connectivity index (χ3n) is 2.09. The second kappa shape index (κ2) is 5.78.